The van der Waals surface area contributed by atoms with Gasteiger partial charge in [-0.15, -0.1) is 0 Å². The van der Waals surface area contributed by atoms with E-state index in [0.29, 0.717) is 18.4 Å². The Bertz CT molecular complexity index is 453. The van der Waals surface area contributed by atoms with Crippen molar-refractivity contribution in [3.05, 3.63) is 35.9 Å². The molecule has 20 heavy (non-hydrogen) atoms. The minimum absolute atomic E-state index is 0.00224. The van der Waals surface area contributed by atoms with Crippen LogP contribution in [0.15, 0.2) is 30.3 Å². The summed E-state index contributed by atoms with van der Waals surface area (Å²) in [6.07, 6.45) is 0.500. The number of nitrogens with zero attached hydrogens (tertiary/aromatic N) is 1. The summed E-state index contributed by atoms with van der Waals surface area (Å²) in [7, 11) is 0. The lowest BCUT2D eigenvalue weighted by atomic mass is 9.92. The quantitative estimate of drug-likeness (QED) is 0.918. The van der Waals surface area contributed by atoms with Crippen molar-refractivity contribution in [1.82, 2.24) is 10.2 Å². The maximum Gasteiger partial charge on any atom is 0.227 e. The first-order valence-electron chi connectivity index (χ1n) is 7.47. The second kappa shape index (κ2) is 5.96. The van der Waals surface area contributed by atoms with Gasteiger partial charge in [-0.05, 0) is 25.3 Å². The number of carbonyl (C=O) groups is 1. The summed E-state index contributed by atoms with van der Waals surface area (Å²) >= 11 is 0. The van der Waals surface area contributed by atoms with Gasteiger partial charge in [0.1, 0.15) is 0 Å². The Morgan fingerprint density at radius 1 is 1.35 bits per heavy atom. The molecular formula is C17H26N2O. The lowest BCUT2D eigenvalue weighted by Gasteiger charge is -2.46. The van der Waals surface area contributed by atoms with Crippen LogP contribution in [-0.2, 0) is 11.2 Å². The number of piperazine rings is 1. The maximum atomic E-state index is 12.7. The standard InChI is InChI=1S/C17H26N2O/c1-13(2)15-11-18-17(3,4)12-19(15)16(20)10-14-8-6-5-7-9-14/h5-9,13,15,18H,10-12H2,1-4H3. The average Bonchev–Trinajstić information content (AvgIpc) is 2.38. The van der Waals surface area contributed by atoms with Crippen molar-refractivity contribution in [2.75, 3.05) is 13.1 Å². The molecule has 2 rings (SSSR count). The van der Waals surface area contributed by atoms with Crippen molar-refractivity contribution in [1.29, 1.82) is 0 Å². The number of hydrogen-bond acceptors (Lipinski definition) is 2. The molecule has 1 aromatic carbocycles. The zero-order chi connectivity index (χ0) is 14.8. The smallest absolute Gasteiger partial charge is 0.227 e. The summed E-state index contributed by atoms with van der Waals surface area (Å²) < 4.78 is 0. The van der Waals surface area contributed by atoms with E-state index in [2.05, 4.69) is 37.9 Å². The number of benzene rings is 1. The molecular weight excluding hydrogens is 248 g/mol. The summed E-state index contributed by atoms with van der Waals surface area (Å²) in [5.41, 5.74) is 1.09. The van der Waals surface area contributed by atoms with Crippen LogP contribution in [0.3, 0.4) is 0 Å². The SMILES string of the molecule is CC(C)C1CNC(C)(C)CN1C(=O)Cc1ccccc1. The summed E-state index contributed by atoms with van der Waals surface area (Å²) in [6, 6.07) is 10.3. The van der Waals surface area contributed by atoms with Crippen molar-refractivity contribution in [3.8, 4) is 0 Å². The molecule has 3 nitrogen and oxygen atoms in total. The Morgan fingerprint density at radius 3 is 2.60 bits per heavy atom. The van der Waals surface area contributed by atoms with Crippen LogP contribution in [-0.4, -0.2) is 35.5 Å². The van der Waals surface area contributed by atoms with Gasteiger partial charge in [0.25, 0.3) is 0 Å². The predicted octanol–water partition coefficient (Wildman–Crippen LogP) is 2.46. The first-order chi connectivity index (χ1) is 9.39. The van der Waals surface area contributed by atoms with Gasteiger partial charge in [0.15, 0.2) is 0 Å². The van der Waals surface area contributed by atoms with Gasteiger partial charge in [0.2, 0.25) is 5.91 Å². The van der Waals surface area contributed by atoms with E-state index in [-0.39, 0.29) is 11.4 Å². The largest absolute Gasteiger partial charge is 0.336 e. The van der Waals surface area contributed by atoms with Crippen LogP contribution < -0.4 is 5.32 Å². The van der Waals surface area contributed by atoms with Gasteiger partial charge in [-0.25, -0.2) is 0 Å². The molecule has 0 bridgehead atoms. The third-order valence-electron chi connectivity index (χ3n) is 4.04. The van der Waals surface area contributed by atoms with Crippen molar-refractivity contribution in [3.63, 3.8) is 0 Å². The molecule has 0 aromatic heterocycles. The van der Waals surface area contributed by atoms with E-state index < -0.39 is 0 Å². The molecule has 1 aliphatic heterocycles. The lowest BCUT2D eigenvalue weighted by molar-refractivity contribution is -0.136. The molecule has 0 aliphatic carbocycles. The molecule has 1 saturated heterocycles. The minimum atomic E-state index is -0.00224. The van der Waals surface area contributed by atoms with Gasteiger partial charge in [0.05, 0.1) is 6.42 Å². The van der Waals surface area contributed by atoms with Gasteiger partial charge in [-0.2, -0.15) is 0 Å². The highest BCUT2D eigenvalue weighted by Gasteiger charge is 2.36. The van der Waals surface area contributed by atoms with Gasteiger partial charge >= 0.3 is 0 Å². The minimum Gasteiger partial charge on any atom is -0.336 e. The van der Waals surface area contributed by atoms with Gasteiger partial charge in [-0.3, -0.25) is 4.79 Å². The third kappa shape index (κ3) is 3.60. The number of amides is 1. The molecule has 1 unspecified atom stereocenters. The van der Waals surface area contributed by atoms with Crippen molar-refractivity contribution in [2.24, 2.45) is 5.92 Å². The van der Waals surface area contributed by atoms with E-state index in [9.17, 15) is 4.79 Å². The van der Waals surface area contributed by atoms with Crippen LogP contribution in [0.2, 0.25) is 0 Å². The molecule has 1 aromatic rings. The Labute approximate surface area is 122 Å². The highest BCUT2D eigenvalue weighted by atomic mass is 16.2. The van der Waals surface area contributed by atoms with Crippen LogP contribution in [0, 0.1) is 5.92 Å². The second-order valence-corrected chi connectivity index (χ2v) is 6.76. The second-order valence-electron chi connectivity index (χ2n) is 6.76. The maximum absolute atomic E-state index is 12.7. The van der Waals surface area contributed by atoms with Crippen LogP contribution in [0.5, 0.6) is 0 Å². The third-order valence-corrected chi connectivity index (χ3v) is 4.04. The Morgan fingerprint density at radius 2 is 2.00 bits per heavy atom. The highest BCUT2D eigenvalue weighted by molar-refractivity contribution is 5.79. The van der Waals surface area contributed by atoms with Gasteiger partial charge < -0.3 is 10.2 Å². The number of carbonyl (C=O) groups excluding carboxylic acids is 1. The zero-order valence-corrected chi connectivity index (χ0v) is 13.0. The summed E-state index contributed by atoms with van der Waals surface area (Å²) in [6.45, 7) is 10.4. The van der Waals surface area contributed by atoms with Crippen LogP contribution in [0.1, 0.15) is 33.3 Å². The molecule has 1 amide bonds. The molecule has 0 spiro atoms. The fourth-order valence-corrected chi connectivity index (χ4v) is 2.83. The van der Waals surface area contributed by atoms with Crippen LogP contribution in [0.4, 0.5) is 0 Å². The number of rotatable bonds is 3. The lowest BCUT2D eigenvalue weighted by Crippen LogP contribution is -2.64. The van der Waals surface area contributed by atoms with Gasteiger partial charge in [-0.1, -0.05) is 44.2 Å². The van der Waals surface area contributed by atoms with E-state index in [1.54, 1.807) is 0 Å². The number of nitrogens with one attached hydrogen (secondary N) is 1. The topological polar surface area (TPSA) is 32.3 Å². The van der Waals surface area contributed by atoms with Crippen molar-refractivity contribution >= 4 is 5.91 Å². The van der Waals surface area contributed by atoms with E-state index in [1.807, 2.05) is 30.3 Å². The predicted molar refractivity (Wildman–Crippen MR) is 82.6 cm³/mol. The van der Waals surface area contributed by atoms with Crippen LogP contribution >= 0.6 is 0 Å². The zero-order valence-electron chi connectivity index (χ0n) is 13.0. The van der Waals surface area contributed by atoms with Gasteiger partial charge in [0, 0.05) is 24.7 Å². The number of hydrogen-bond donors (Lipinski definition) is 1. The van der Waals surface area contributed by atoms with E-state index >= 15 is 0 Å². The Hall–Kier alpha value is -1.35. The van der Waals surface area contributed by atoms with Crippen molar-refractivity contribution < 1.29 is 4.79 Å². The molecule has 1 aliphatic rings. The normalized spacial score (nSPS) is 22.1. The van der Waals surface area contributed by atoms with E-state index in [0.717, 1.165) is 18.7 Å². The summed E-state index contributed by atoms with van der Waals surface area (Å²) in [5, 5.41) is 3.54. The molecule has 0 radical (unpaired) electrons. The Kier molecular flexibility index (Phi) is 4.48. The fourth-order valence-electron chi connectivity index (χ4n) is 2.83. The average molecular weight is 274 g/mol. The molecule has 0 saturated carbocycles. The first kappa shape index (κ1) is 15.0. The molecule has 1 fully saturated rings. The first-order valence-corrected chi connectivity index (χ1v) is 7.47. The highest BCUT2D eigenvalue weighted by Crippen LogP contribution is 2.21. The Balaban J connectivity index is 2.11. The summed E-state index contributed by atoms with van der Waals surface area (Å²) in [4.78, 5) is 14.7. The molecule has 1 N–H and O–H groups in total. The molecule has 110 valence electrons. The van der Waals surface area contributed by atoms with Crippen LogP contribution in [0.25, 0.3) is 0 Å². The fraction of sp³-hybridized carbons (Fsp3) is 0.588. The molecule has 1 atom stereocenters. The molecule has 1 heterocycles. The van der Waals surface area contributed by atoms with Crippen molar-refractivity contribution in [2.45, 2.75) is 45.7 Å². The monoisotopic (exact) mass is 274 g/mol. The molecule has 3 heteroatoms. The van der Waals surface area contributed by atoms with E-state index in [1.165, 1.54) is 0 Å². The summed E-state index contributed by atoms with van der Waals surface area (Å²) in [5.74, 6) is 0.711. The van der Waals surface area contributed by atoms with E-state index in [4.69, 9.17) is 0 Å².